The van der Waals surface area contributed by atoms with Gasteiger partial charge in [-0.3, -0.25) is 9.59 Å². The number of anilines is 1. The molecule has 1 aliphatic rings. The van der Waals surface area contributed by atoms with Crippen LogP contribution in [0.25, 0.3) is 0 Å². The molecule has 0 N–H and O–H groups in total. The standard InChI is InChI=1S/C21H16ClFN2O2/c22-17-5-3-6-18(23)16(17)13-24-12-15(8-9-20(24)26)21(27)25-11-10-14-4-1-2-7-19(14)25/h1-9,12H,10-11,13H2. The van der Waals surface area contributed by atoms with E-state index < -0.39 is 5.82 Å². The van der Waals surface area contributed by atoms with Crippen LogP contribution in [0.4, 0.5) is 10.1 Å². The minimum atomic E-state index is -0.486. The summed E-state index contributed by atoms with van der Waals surface area (Å²) < 4.78 is 15.4. The van der Waals surface area contributed by atoms with E-state index in [0.29, 0.717) is 12.1 Å². The van der Waals surface area contributed by atoms with Crippen LogP contribution in [0, 0.1) is 5.82 Å². The first-order valence-corrected chi connectivity index (χ1v) is 8.95. The van der Waals surface area contributed by atoms with Crippen LogP contribution in [-0.2, 0) is 13.0 Å². The normalized spacial score (nSPS) is 12.9. The Labute approximate surface area is 160 Å². The van der Waals surface area contributed by atoms with E-state index in [1.807, 2.05) is 24.3 Å². The fourth-order valence-electron chi connectivity index (χ4n) is 3.34. The summed E-state index contributed by atoms with van der Waals surface area (Å²) in [5.74, 6) is -0.673. The van der Waals surface area contributed by atoms with Crippen molar-refractivity contribution in [3.8, 4) is 0 Å². The molecule has 2 aromatic carbocycles. The number of fused-ring (bicyclic) bond motifs is 1. The Balaban J connectivity index is 1.67. The summed E-state index contributed by atoms with van der Waals surface area (Å²) >= 11 is 6.06. The number of halogens is 2. The molecule has 0 aliphatic carbocycles. The number of nitrogens with zero attached hydrogens (tertiary/aromatic N) is 2. The Morgan fingerprint density at radius 1 is 1.07 bits per heavy atom. The maximum Gasteiger partial charge on any atom is 0.259 e. The van der Waals surface area contributed by atoms with Crippen molar-refractivity contribution in [2.75, 3.05) is 11.4 Å². The number of hydrogen-bond acceptors (Lipinski definition) is 2. The van der Waals surface area contributed by atoms with E-state index in [2.05, 4.69) is 0 Å². The van der Waals surface area contributed by atoms with E-state index in [0.717, 1.165) is 17.7 Å². The average Bonchev–Trinajstić information content (AvgIpc) is 3.10. The van der Waals surface area contributed by atoms with Crippen LogP contribution in [0.3, 0.4) is 0 Å². The molecule has 4 rings (SSSR count). The molecule has 0 spiro atoms. The highest BCUT2D eigenvalue weighted by Gasteiger charge is 2.25. The van der Waals surface area contributed by atoms with Crippen molar-refractivity contribution in [2.24, 2.45) is 0 Å². The van der Waals surface area contributed by atoms with E-state index in [9.17, 15) is 14.0 Å². The number of aromatic nitrogens is 1. The Hall–Kier alpha value is -2.92. The van der Waals surface area contributed by atoms with Crippen LogP contribution in [0.2, 0.25) is 5.02 Å². The lowest BCUT2D eigenvalue weighted by atomic mass is 10.1. The van der Waals surface area contributed by atoms with Crippen LogP contribution in [0.1, 0.15) is 21.5 Å². The zero-order valence-electron chi connectivity index (χ0n) is 14.4. The monoisotopic (exact) mass is 382 g/mol. The van der Waals surface area contributed by atoms with Gasteiger partial charge in [0, 0.05) is 35.1 Å². The van der Waals surface area contributed by atoms with Gasteiger partial charge in [-0.05, 0) is 36.2 Å². The summed E-state index contributed by atoms with van der Waals surface area (Å²) in [6, 6.07) is 15.0. The van der Waals surface area contributed by atoms with Gasteiger partial charge in [0.25, 0.3) is 11.5 Å². The molecule has 0 unspecified atom stereocenters. The van der Waals surface area contributed by atoms with Gasteiger partial charge in [0.05, 0.1) is 12.1 Å². The first-order valence-electron chi connectivity index (χ1n) is 8.58. The van der Waals surface area contributed by atoms with Crippen molar-refractivity contribution in [1.29, 1.82) is 0 Å². The molecule has 27 heavy (non-hydrogen) atoms. The Bertz CT molecular complexity index is 1070. The van der Waals surface area contributed by atoms with Crippen LogP contribution in [0.15, 0.2) is 65.6 Å². The van der Waals surface area contributed by atoms with E-state index >= 15 is 0 Å². The number of carbonyl (C=O) groups is 1. The van der Waals surface area contributed by atoms with Crippen LogP contribution in [0.5, 0.6) is 0 Å². The number of carbonyl (C=O) groups excluding carboxylic acids is 1. The van der Waals surface area contributed by atoms with Crippen molar-refractivity contribution < 1.29 is 9.18 Å². The minimum Gasteiger partial charge on any atom is -0.310 e. The molecule has 1 aliphatic heterocycles. The van der Waals surface area contributed by atoms with Gasteiger partial charge in [-0.1, -0.05) is 35.9 Å². The largest absolute Gasteiger partial charge is 0.310 e. The molecule has 1 amide bonds. The summed E-state index contributed by atoms with van der Waals surface area (Å²) in [6.07, 6.45) is 2.26. The molecule has 3 aromatic rings. The molecule has 136 valence electrons. The molecule has 0 atom stereocenters. The maximum atomic E-state index is 14.1. The first kappa shape index (κ1) is 17.5. The number of amides is 1. The highest BCUT2D eigenvalue weighted by atomic mass is 35.5. The van der Waals surface area contributed by atoms with E-state index in [4.69, 9.17) is 11.6 Å². The lowest BCUT2D eigenvalue weighted by Crippen LogP contribution is -2.30. The predicted octanol–water partition coefficient (Wildman–Crippen LogP) is 3.89. The topological polar surface area (TPSA) is 42.3 Å². The molecule has 0 saturated heterocycles. The third kappa shape index (κ3) is 3.26. The predicted molar refractivity (Wildman–Crippen MR) is 103 cm³/mol. The molecule has 2 heterocycles. The number of hydrogen-bond donors (Lipinski definition) is 0. The maximum absolute atomic E-state index is 14.1. The summed E-state index contributed by atoms with van der Waals surface area (Å²) in [5.41, 5.74) is 2.28. The van der Waals surface area contributed by atoms with Gasteiger partial charge in [0.15, 0.2) is 0 Å². The van der Waals surface area contributed by atoms with Gasteiger partial charge in [-0.2, -0.15) is 0 Å². The zero-order chi connectivity index (χ0) is 19.0. The quantitative estimate of drug-likeness (QED) is 0.689. The molecule has 0 bridgehead atoms. The Kier molecular flexibility index (Phi) is 4.54. The molecular weight excluding hydrogens is 367 g/mol. The van der Waals surface area contributed by atoms with Crippen molar-refractivity contribution in [2.45, 2.75) is 13.0 Å². The van der Waals surface area contributed by atoms with Crippen LogP contribution < -0.4 is 10.5 Å². The van der Waals surface area contributed by atoms with Crippen molar-refractivity contribution in [1.82, 2.24) is 4.57 Å². The number of rotatable bonds is 3. The molecule has 0 radical (unpaired) electrons. The van der Waals surface area contributed by atoms with Gasteiger partial charge in [-0.25, -0.2) is 4.39 Å². The lowest BCUT2D eigenvalue weighted by Gasteiger charge is -2.18. The molecule has 0 saturated carbocycles. The minimum absolute atomic E-state index is 0.0396. The SMILES string of the molecule is O=C(c1ccc(=O)n(Cc2c(F)cccc2Cl)c1)N1CCc2ccccc21. The van der Waals surface area contributed by atoms with Crippen molar-refractivity contribution in [3.05, 3.63) is 98.7 Å². The summed E-state index contributed by atoms with van der Waals surface area (Å²) in [5, 5.41) is 0.243. The smallest absolute Gasteiger partial charge is 0.259 e. The Morgan fingerprint density at radius 3 is 2.70 bits per heavy atom. The number of benzene rings is 2. The molecule has 6 heteroatoms. The highest BCUT2D eigenvalue weighted by molar-refractivity contribution is 6.31. The highest BCUT2D eigenvalue weighted by Crippen LogP contribution is 2.28. The van der Waals surface area contributed by atoms with Gasteiger partial charge >= 0.3 is 0 Å². The molecule has 1 aromatic heterocycles. The van der Waals surface area contributed by atoms with E-state index in [-0.39, 0.29) is 28.6 Å². The summed E-state index contributed by atoms with van der Waals surface area (Å²) in [4.78, 5) is 26.9. The van der Waals surface area contributed by atoms with Gasteiger partial charge in [-0.15, -0.1) is 0 Å². The van der Waals surface area contributed by atoms with Crippen LogP contribution in [-0.4, -0.2) is 17.0 Å². The second-order valence-electron chi connectivity index (χ2n) is 6.42. The zero-order valence-corrected chi connectivity index (χ0v) is 15.1. The molecule has 4 nitrogen and oxygen atoms in total. The second kappa shape index (κ2) is 7.00. The number of pyridine rings is 1. The molecule has 0 fully saturated rings. The second-order valence-corrected chi connectivity index (χ2v) is 6.83. The van der Waals surface area contributed by atoms with Gasteiger partial charge < -0.3 is 9.47 Å². The lowest BCUT2D eigenvalue weighted by molar-refractivity contribution is 0.0988. The van der Waals surface area contributed by atoms with Gasteiger partial charge in [0.1, 0.15) is 5.82 Å². The fraction of sp³-hybridized carbons (Fsp3) is 0.143. The summed E-state index contributed by atoms with van der Waals surface area (Å²) in [6.45, 7) is 0.554. The van der Waals surface area contributed by atoms with E-state index in [1.54, 1.807) is 11.0 Å². The first-order chi connectivity index (χ1) is 13.0. The summed E-state index contributed by atoms with van der Waals surface area (Å²) in [7, 11) is 0. The van der Waals surface area contributed by atoms with E-state index in [1.165, 1.54) is 35.0 Å². The van der Waals surface area contributed by atoms with Crippen molar-refractivity contribution in [3.63, 3.8) is 0 Å². The van der Waals surface area contributed by atoms with Crippen LogP contribution >= 0.6 is 11.6 Å². The third-order valence-electron chi connectivity index (χ3n) is 4.75. The Morgan fingerprint density at radius 2 is 1.89 bits per heavy atom. The fourth-order valence-corrected chi connectivity index (χ4v) is 3.56. The average molecular weight is 383 g/mol. The van der Waals surface area contributed by atoms with Gasteiger partial charge in [0.2, 0.25) is 0 Å². The molecular formula is C21H16ClFN2O2. The third-order valence-corrected chi connectivity index (χ3v) is 5.11. The van der Waals surface area contributed by atoms with Crippen molar-refractivity contribution >= 4 is 23.2 Å². The number of para-hydroxylation sites is 1.